The van der Waals surface area contributed by atoms with Crippen LogP contribution in [0.15, 0.2) is 46.9 Å². The fourth-order valence-electron chi connectivity index (χ4n) is 3.05. The Morgan fingerprint density at radius 2 is 1.80 bits per heavy atom. The van der Waals surface area contributed by atoms with Crippen molar-refractivity contribution in [1.82, 2.24) is 14.8 Å². The first-order chi connectivity index (χ1) is 13.9. The Kier molecular flexibility index (Phi) is 5.64. The van der Waals surface area contributed by atoms with Gasteiger partial charge in [0.05, 0.1) is 15.6 Å². The lowest BCUT2D eigenvalue weighted by molar-refractivity contribution is -0.137. The van der Waals surface area contributed by atoms with E-state index in [2.05, 4.69) is 26.1 Å². The largest absolute Gasteiger partial charge is 0.479 e. The zero-order valence-corrected chi connectivity index (χ0v) is 17.7. The summed E-state index contributed by atoms with van der Waals surface area (Å²) in [7, 11) is 1.56. The van der Waals surface area contributed by atoms with Crippen LogP contribution in [0.3, 0.4) is 0 Å². The fourth-order valence-corrected chi connectivity index (χ4v) is 3.51. The molecule has 0 aliphatic rings. The van der Waals surface area contributed by atoms with Crippen molar-refractivity contribution >= 4 is 21.9 Å². The third-order valence-corrected chi connectivity index (χ3v) is 5.05. The maximum atomic E-state index is 13.4. The summed E-state index contributed by atoms with van der Waals surface area (Å²) in [5.74, 6) is -0.383. The van der Waals surface area contributed by atoms with Crippen LogP contribution >= 0.6 is 15.9 Å². The van der Waals surface area contributed by atoms with Gasteiger partial charge in [-0.25, -0.2) is 4.79 Å². The van der Waals surface area contributed by atoms with Crippen molar-refractivity contribution in [3.63, 3.8) is 0 Å². The molecule has 1 aromatic heterocycles. The molecule has 2 aromatic carbocycles. The van der Waals surface area contributed by atoms with Gasteiger partial charge in [0.15, 0.2) is 17.2 Å². The summed E-state index contributed by atoms with van der Waals surface area (Å²) in [6.45, 7) is 3.38. The second kappa shape index (κ2) is 7.75. The number of carbonyl (C=O) groups is 1. The lowest BCUT2D eigenvalue weighted by Crippen LogP contribution is -2.29. The Bertz CT molecular complexity index is 1110. The molecule has 30 heavy (non-hydrogen) atoms. The van der Waals surface area contributed by atoms with Gasteiger partial charge in [-0.3, -0.25) is 0 Å². The van der Waals surface area contributed by atoms with E-state index in [1.807, 2.05) is 0 Å². The van der Waals surface area contributed by atoms with E-state index in [0.717, 1.165) is 6.07 Å². The van der Waals surface area contributed by atoms with Gasteiger partial charge >= 0.3 is 12.1 Å². The summed E-state index contributed by atoms with van der Waals surface area (Å²) in [6.07, 6.45) is -4.54. The Hall–Kier alpha value is -2.88. The van der Waals surface area contributed by atoms with Crippen molar-refractivity contribution in [2.75, 3.05) is 0 Å². The molecule has 0 saturated carbocycles. The van der Waals surface area contributed by atoms with Crippen molar-refractivity contribution in [3.8, 4) is 17.1 Å². The molecule has 0 amide bonds. The zero-order chi connectivity index (χ0) is 22.3. The number of aromatic carboxylic acids is 1. The molecular weight excluding hydrogens is 467 g/mol. The number of alkyl halides is 3. The van der Waals surface area contributed by atoms with Crippen molar-refractivity contribution in [3.05, 3.63) is 63.9 Å². The maximum absolute atomic E-state index is 13.4. The van der Waals surface area contributed by atoms with E-state index in [9.17, 15) is 18.0 Å². The number of nitrogens with zero attached hydrogens (tertiary/aromatic N) is 3. The summed E-state index contributed by atoms with van der Waals surface area (Å²) in [6, 6.07) is 9.43. The monoisotopic (exact) mass is 483 g/mol. The van der Waals surface area contributed by atoms with Crippen molar-refractivity contribution in [2.45, 2.75) is 25.6 Å². The average Bonchev–Trinajstić information content (AvgIpc) is 3.04. The van der Waals surface area contributed by atoms with Gasteiger partial charge in [-0.1, -0.05) is 18.2 Å². The molecule has 0 aliphatic heterocycles. The van der Waals surface area contributed by atoms with Gasteiger partial charge in [0, 0.05) is 12.6 Å². The number of ether oxygens (including phenoxy) is 1. The normalized spacial score (nSPS) is 12.1. The number of carboxylic acid groups (broad SMARTS) is 1. The summed E-state index contributed by atoms with van der Waals surface area (Å²) in [4.78, 5) is 11.1. The lowest BCUT2D eigenvalue weighted by Gasteiger charge is -2.26. The minimum Gasteiger partial charge on any atom is -0.479 e. The van der Waals surface area contributed by atoms with E-state index in [0.29, 0.717) is 16.0 Å². The molecule has 0 bridgehead atoms. The third kappa shape index (κ3) is 4.18. The quantitative estimate of drug-likeness (QED) is 0.534. The Balaban J connectivity index is 1.99. The highest BCUT2D eigenvalue weighted by Crippen LogP contribution is 2.38. The standard InChI is InChI=1S/C20H17BrF3N3O3/c1-19(2,30-15-9-8-11(17(28)29)10-14(15)21)18-26-25-16(27(18)3)12-6-4-5-7-13(12)20(22,23)24/h4-10H,1-3H3,(H,28,29). The highest BCUT2D eigenvalue weighted by Gasteiger charge is 2.36. The molecule has 0 spiro atoms. The minimum absolute atomic E-state index is 0.0508. The number of halogens is 4. The molecule has 0 radical (unpaired) electrons. The Morgan fingerprint density at radius 1 is 1.13 bits per heavy atom. The highest BCUT2D eigenvalue weighted by atomic mass is 79.9. The number of aromatic nitrogens is 3. The average molecular weight is 484 g/mol. The summed E-state index contributed by atoms with van der Waals surface area (Å²) in [5.41, 5.74) is -1.90. The van der Waals surface area contributed by atoms with Crippen LogP contribution in [0.5, 0.6) is 5.75 Å². The van der Waals surface area contributed by atoms with Crippen LogP contribution < -0.4 is 4.74 Å². The lowest BCUT2D eigenvalue weighted by atomic mass is 10.1. The molecule has 0 atom stereocenters. The second-order valence-corrected chi connectivity index (χ2v) is 7.87. The van der Waals surface area contributed by atoms with Crippen molar-refractivity contribution < 1.29 is 27.8 Å². The molecule has 0 unspecified atom stereocenters. The van der Waals surface area contributed by atoms with Crippen LogP contribution in [0.1, 0.15) is 35.6 Å². The SMILES string of the molecule is Cn1c(-c2ccccc2C(F)(F)F)nnc1C(C)(C)Oc1ccc(C(=O)O)cc1Br. The summed E-state index contributed by atoms with van der Waals surface area (Å²) >= 11 is 3.28. The molecule has 1 N–H and O–H groups in total. The topological polar surface area (TPSA) is 77.2 Å². The van der Waals surface area contributed by atoms with Gasteiger partial charge in [0.2, 0.25) is 0 Å². The van der Waals surface area contributed by atoms with Gasteiger partial charge < -0.3 is 14.4 Å². The molecule has 0 saturated heterocycles. The summed E-state index contributed by atoms with van der Waals surface area (Å²) in [5, 5.41) is 17.1. The van der Waals surface area contributed by atoms with Gasteiger partial charge in [0.25, 0.3) is 0 Å². The van der Waals surface area contributed by atoms with Gasteiger partial charge in [-0.15, -0.1) is 10.2 Å². The molecule has 158 valence electrons. The first-order valence-electron chi connectivity index (χ1n) is 8.70. The van der Waals surface area contributed by atoms with Crippen LogP contribution in [0, 0.1) is 0 Å². The minimum atomic E-state index is -4.54. The van der Waals surface area contributed by atoms with Crippen LogP contribution in [-0.2, 0) is 18.8 Å². The molecule has 0 aliphatic carbocycles. The molecule has 6 nitrogen and oxygen atoms in total. The van der Waals surface area contributed by atoms with Crippen LogP contribution in [0.4, 0.5) is 13.2 Å². The third-order valence-electron chi connectivity index (χ3n) is 4.43. The Labute approximate surface area is 178 Å². The van der Waals surface area contributed by atoms with E-state index in [4.69, 9.17) is 9.84 Å². The number of carboxylic acids is 1. The first-order valence-corrected chi connectivity index (χ1v) is 9.49. The van der Waals surface area contributed by atoms with E-state index in [-0.39, 0.29) is 17.0 Å². The molecule has 3 rings (SSSR count). The van der Waals surface area contributed by atoms with Gasteiger partial charge in [-0.05, 0) is 54.0 Å². The molecule has 1 heterocycles. The van der Waals surface area contributed by atoms with Gasteiger partial charge in [0.1, 0.15) is 5.75 Å². The summed E-state index contributed by atoms with van der Waals surface area (Å²) < 4.78 is 48.1. The van der Waals surface area contributed by atoms with Gasteiger partial charge in [-0.2, -0.15) is 13.2 Å². The fraction of sp³-hybridized carbons (Fsp3) is 0.250. The predicted molar refractivity (Wildman–Crippen MR) is 106 cm³/mol. The zero-order valence-electron chi connectivity index (χ0n) is 16.2. The predicted octanol–water partition coefficient (Wildman–Crippen LogP) is 5.28. The van der Waals surface area contributed by atoms with Crippen LogP contribution in [0.2, 0.25) is 0 Å². The Morgan fingerprint density at radius 3 is 2.40 bits per heavy atom. The van der Waals surface area contributed by atoms with E-state index < -0.39 is 23.3 Å². The number of rotatable bonds is 5. The van der Waals surface area contributed by atoms with Crippen LogP contribution in [-0.4, -0.2) is 25.8 Å². The molecule has 0 fully saturated rings. The van der Waals surface area contributed by atoms with E-state index >= 15 is 0 Å². The molecule has 10 heteroatoms. The number of hydrogen-bond acceptors (Lipinski definition) is 4. The molecular formula is C20H17BrF3N3O3. The second-order valence-electron chi connectivity index (χ2n) is 7.01. The van der Waals surface area contributed by atoms with E-state index in [1.54, 1.807) is 20.9 Å². The highest BCUT2D eigenvalue weighted by molar-refractivity contribution is 9.10. The van der Waals surface area contributed by atoms with Crippen molar-refractivity contribution in [1.29, 1.82) is 0 Å². The smallest absolute Gasteiger partial charge is 0.417 e. The molecule has 3 aromatic rings. The number of benzene rings is 2. The first kappa shape index (κ1) is 21.8. The maximum Gasteiger partial charge on any atom is 0.417 e. The van der Waals surface area contributed by atoms with Crippen LogP contribution in [0.25, 0.3) is 11.4 Å². The number of hydrogen-bond donors (Lipinski definition) is 1. The van der Waals surface area contributed by atoms with E-state index in [1.165, 1.54) is 41.0 Å². The van der Waals surface area contributed by atoms with Crippen molar-refractivity contribution in [2.24, 2.45) is 7.05 Å².